The summed E-state index contributed by atoms with van der Waals surface area (Å²) in [5.41, 5.74) is 0. The summed E-state index contributed by atoms with van der Waals surface area (Å²) in [5.74, 6) is 4.75. The molecule has 0 heterocycles. The van der Waals surface area contributed by atoms with Gasteiger partial charge >= 0.3 is 7.60 Å². The molecular weight excluding hydrogens is 227 g/mol. The molecular formula is C11H19O4P. The second-order valence-electron chi connectivity index (χ2n) is 4.33. The summed E-state index contributed by atoms with van der Waals surface area (Å²) in [6.45, 7) is 5.97. The molecule has 0 aromatic carbocycles. The summed E-state index contributed by atoms with van der Waals surface area (Å²) in [4.78, 5) is 30.1. The molecule has 1 atom stereocenters. The van der Waals surface area contributed by atoms with Gasteiger partial charge in [0.15, 0.2) is 5.78 Å². The molecule has 2 N–H and O–H groups in total. The van der Waals surface area contributed by atoms with Crippen LogP contribution in [-0.4, -0.2) is 20.7 Å². The summed E-state index contributed by atoms with van der Waals surface area (Å²) in [6, 6.07) is 0. The van der Waals surface area contributed by atoms with Crippen molar-refractivity contribution in [3.05, 3.63) is 0 Å². The van der Waals surface area contributed by atoms with E-state index in [1.54, 1.807) is 13.8 Å². The van der Waals surface area contributed by atoms with E-state index in [0.717, 1.165) is 0 Å². The van der Waals surface area contributed by atoms with E-state index in [4.69, 9.17) is 9.79 Å². The average molecular weight is 246 g/mol. The van der Waals surface area contributed by atoms with Crippen LogP contribution in [0.5, 0.6) is 0 Å². The third kappa shape index (κ3) is 3.75. The molecule has 0 aromatic heterocycles. The zero-order chi connectivity index (χ0) is 13.0. The van der Waals surface area contributed by atoms with Crippen LogP contribution in [0.15, 0.2) is 0 Å². The van der Waals surface area contributed by atoms with Gasteiger partial charge in [-0.25, -0.2) is 0 Å². The molecule has 0 radical (unpaired) electrons. The lowest BCUT2D eigenvalue weighted by Crippen LogP contribution is -2.35. The van der Waals surface area contributed by atoms with E-state index < -0.39 is 18.5 Å². The molecule has 0 bridgehead atoms. The SMILES string of the molecule is CC#CCCC(C)C(=O)C(C)(C)P(=O)(O)O. The lowest BCUT2D eigenvalue weighted by molar-refractivity contribution is -0.124. The molecule has 0 rings (SSSR count). The van der Waals surface area contributed by atoms with Gasteiger partial charge in [-0.15, -0.1) is 11.8 Å². The molecule has 0 aromatic rings. The van der Waals surface area contributed by atoms with Crippen molar-refractivity contribution in [2.24, 2.45) is 5.92 Å². The topological polar surface area (TPSA) is 74.6 Å². The normalized spacial score (nSPS) is 13.9. The van der Waals surface area contributed by atoms with Gasteiger partial charge in [0, 0.05) is 12.3 Å². The van der Waals surface area contributed by atoms with Crippen LogP contribution in [0.25, 0.3) is 0 Å². The van der Waals surface area contributed by atoms with E-state index in [0.29, 0.717) is 12.8 Å². The van der Waals surface area contributed by atoms with E-state index in [9.17, 15) is 9.36 Å². The molecule has 1 unspecified atom stereocenters. The first-order chi connectivity index (χ1) is 7.14. The molecule has 0 aliphatic heterocycles. The number of rotatable bonds is 5. The van der Waals surface area contributed by atoms with E-state index in [1.807, 2.05) is 0 Å². The minimum atomic E-state index is -4.40. The van der Waals surface area contributed by atoms with E-state index in [2.05, 4.69) is 11.8 Å². The first-order valence-corrected chi connectivity index (χ1v) is 6.75. The van der Waals surface area contributed by atoms with E-state index in [-0.39, 0.29) is 5.92 Å². The van der Waals surface area contributed by atoms with Crippen molar-refractivity contribution in [2.75, 3.05) is 0 Å². The highest BCUT2D eigenvalue weighted by molar-refractivity contribution is 7.54. The number of ketones is 1. The van der Waals surface area contributed by atoms with Gasteiger partial charge in [-0.05, 0) is 27.2 Å². The molecule has 4 nitrogen and oxygen atoms in total. The van der Waals surface area contributed by atoms with Crippen molar-refractivity contribution in [3.8, 4) is 11.8 Å². The molecule has 16 heavy (non-hydrogen) atoms. The number of Topliss-reactive ketones (excluding diaryl/α,β-unsaturated/α-hetero) is 1. The lowest BCUT2D eigenvalue weighted by atomic mass is 9.92. The van der Waals surface area contributed by atoms with Gasteiger partial charge in [-0.3, -0.25) is 9.36 Å². The summed E-state index contributed by atoms with van der Waals surface area (Å²) < 4.78 is 11.2. The van der Waals surface area contributed by atoms with Gasteiger partial charge in [0.2, 0.25) is 0 Å². The quantitative estimate of drug-likeness (QED) is 0.574. The van der Waals surface area contributed by atoms with Crippen LogP contribution in [0.2, 0.25) is 0 Å². The van der Waals surface area contributed by atoms with Gasteiger partial charge in [0.05, 0.1) is 0 Å². The van der Waals surface area contributed by atoms with E-state index in [1.165, 1.54) is 13.8 Å². The Morgan fingerprint density at radius 1 is 1.44 bits per heavy atom. The second-order valence-corrected chi connectivity index (χ2v) is 6.54. The maximum atomic E-state index is 11.9. The molecule has 0 fully saturated rings. The predicted molar refractivity (Wildman–Crippen MR) is 63.0 cm³/mol. The van der Waals surface area contributed by atoms with Gasteiger partial charge in [0.1, 0.15) is 5.16 Å². The minimum absolute atomic E-state index is 0.386. The Hall–Kier alpha value is -0.620. The van der Waals surface area contributed by atoms with Crippen molar-refractivity contribution in [2.45, 2.75) is 45.7 Å². The Morgan fingerprint density at radius 3 is 2.31 bits per heavy atom. The third-order valence-corrected chi connectivity index (χ3v) is 4.33. The van der Waals surface area contributed by atoms with Crippen molar-refractivity contribution in [1.82, 2.24) is 0 Å². The molecule has 0 aliphatic rings. The second kappa shape index (κ2) is 5.63. The van der Waals surface area contributed by atoms with Gasteiger partial charge < -0.3 is 9.79 Å². The van der Waals surface area contributed by atoms with Crippen LogP contribution in [0, 0.1) is 17.8 Å². The fourth-order valence-electron chi connectivity index (χ4n) is 1.29. The highest BCUT2D eigenvalue weighted by Crippen LogP contribution is 2.51. The fourth-order valence-corrected chi connectivity index (χ4v) is 1.80. The zero-order valence-electron chi connectivity index (χ0n) is 10.1. The molecule has 0 saturated heterocycles. The molecule has 0 spiro atoms. The Bertz CT molecular complexity index is 356. The first kappa shape index (κ1) is 15.4. The zero-order valence-corrected chi connectivity index (χ0v) is 11.0. The molecule has 0 aliphatic carbocycles. The van der Waals surface area contributed by atoms with Crippen LogP contribution < -0.4 is 0 Å². The number of carbonyl (C=O) groups excluding carboxylic acids is 1. The van der Waals surface area contributed by atoms with Crippen molar-refractivity contribution >= 4 is 13.4 Å². The Morgan fingerprint density at radius 2 is 1.94 bits per heavy atom. The van der Waals surface area contributed by atoms with Gasteiger partial charge in [-0.2, -0.15) is 0 Å². The highest BCUT2D eigenvalue weighted by Gasteiger charge is 2.45. The number of carbonyl (C=O) groups is 1. The van der Waals surface area contributed by atoms with Crippen molar-refractivity contribution in [3.63, 3.8) is 0 Å². The Balaban J connectivity index is 4.65. The maximum Gasteiger partial charge on any atom is 0.338 e. The smallest absolute Gasteiger partial charge is 0.324 e. The van der Waals surface area contributed by atoms with Crippen molar-refractivity contribution < 1.29 is 19.1 Å². The Kier molecular flexibility index (Phi) is 5.41. The van der Waals surface area contributed by atoms with Crippen LogP contribution >= 0.6 is 7.60 Å². The number of hydrogen-bond donors (Lipinski definition) is 2. The third-order valence-electron chi connectivity index (χ3n) is 2.66. The van der Waals surface area contributed by atoms with Gasteiger partial charge in [0.25, 0.3) is 0 Å². The van der Waals surface area contributed by atoms with Gasteiger partial charge in [-0.1, -0.05) is 6.92 Å². The number of hydrogen-bond acceptors (Lipinski definition) is 2. The van der Waals surface area contributed by atoms with Crippen molar-refractivity contribution in [1.29, 1.82) is 0 Å². The minimum Gasteiger partial charge on any atom is -0.324 e. The highest BCUT2D eigenvalue weighted by atomic mass is 31.2. The van der Waals surface area contributed by atoms with Crippen LogP contribution in [0.4, 0.5) is 0 Å². The fraction of sp³-hybridized carbons (Fsp3) is 0.727. The van der Waals surface area contributed by atoms with Crippen LogP contribution in [0.1, 0.15) is 40.5 Å². The largest absolute Gasteiger partial charge is 0.338 e. The maximum absolute atomic E-state index is 11.9. The molecule has 0 saturated carbocycles. The summed E-state index contributed by atoms with van der Waals surface area (Å²) >= 11 is 0. The van der Waals surface area contributed by atoms with Crippen LogP contribution in [0.3, 0.4) is 0 Å². The summed E-state index contributed by atoms with van der Waals surface area (Å²) in [5, 5.41) is -1.61. The average Bonchev–Trinajstić information content (AvgIpc) is 2.15. The monoisotopic (exact) mass is 246 g/mol. The standard InChI is InChI=1S/C11H19O4P/c1-5-6-7-8-9(2)10(12)11(3,4)16(13,14)15/h9H,7-8H2,1-4H3,(H2,13,14,15). The first-order valence-electron chi connectivity index (χ1n) is 5.14. The predicted octanol–water partition coefficient (Wildman–Crippen LogP) is 1.95. The van der Waals surface area contributed by atoms with Crippen LogP contribution in [-0.2, 0) is 9.36 Å². The molecule has 92 valence electrons. The lowest BCUT2D eigenvalue weighted by Gasteiger charge is -2.27. The van der Waals surface area contributed by atoms with E-state index >= 15 is 0 Å². The summed E-state index contributed by atoms with van der Waals surface area (Å²) in [7, 11) is -4.40. The molecule has 5 heteroatoms. The Labute approximate surface area is 96.6 Å². The summed E-state index contributed by atoms with van der Waals surface area (Å²) in [6.07, 6.45) is 1.10. The molecule has 0 amide bonds.